The maximum Gasteiger partial charge on any atom is 0.275 e. The van der Waals surface area contributed by atoms with Gasteiger partial charge in [-0.25, -0.2) is 0 Å². The Morgan fingerprint density at radius 2 is 1.90 bits per heavy atom. The molecule has 5 nitrogen and oxygen atoms in total. The molecule has 112 valence electrons. The molecule has 0 saturated heterocycles. The Balaban J connectivity index is 2.16. The number of benzene rings is 1. The van der Waals surface area contributed by atoms with Crippen LogP contribution in [0.1, 0.15) is 29.2 Å². The Bertz CT molecular complexity index is 625. The van der Waals surface area contributed by atoms with Gasteiger partial charge in [-0.3, -0.25) is 4.79 Å². The zero-order chi connectivity index (χ0) is 15.2. The lowest BCUT2D eigenvalue weighted by molar-refractivity contribution is 0.102. The van der Waals surface area contributed by atoms with E-state index >= 15 is 0 Å². The molecule has 1 N–H and O–H groups in total. The van der Waals surface area contributed by atoms with E-state index in [0.29, 0.717) is 36.1 Å². The van der Waals surface area contributed by atoms with Crippen molar-refractivity contribution in [3.05, 3.63) is 34.8 Å². The van der Waals surface area contributed by atoms with Gasteiger partial charge in [-0.05, 0) is 50.5 Å². The number of amides is 1. The molecule has 6 heteroatoms. The van der Waals surface area contributed by atoms with Crippen molar-refractivity contribution in [2.75, 3.05) is 18.5 Å². The van der Waals surface area contributed by atoms with Crippen LogP contribution in [-0.2, 0) is 0 Å². The van der Waals surface area contributed by atoms with Crippen LogP contribution in [0.5, 0.6) is 11.5 Å². The molecule has 1 aromatic heterocycles. The predicted molar refractivity (Wildman–Crippen MR) is 83.6 cm³/mol. The smallest absolute Gasteiger partial charge is 0.275 e. The Hall–Kier alpha value is -2.08. The molecule has 0 bridgehead atoms. The number of carbonyl (C=O) groups excluding carboxylic acids is 1. The van der Waals surface area contributed by atoms with E-state index in [1.165, 1.54) is 11.5 Å². The second-order valence-electron chi connectivity index (χ2n) is 4.30. The minimum absolute atomic E-state index is 0.231. The number of anilines is 1. The number of carbonyl (C=O) groups is 1. The van der Waals surface area contributed by atoms with Crippen LogP contribution in [-0.4, -0.2) is 23.5 Å². The molecule has 2 aromatic rings. The fourth-order valence-corrected chi connectivity index (χ4v) is 2.34. The summed E-state index contributed by atoms with van der Waals surface area (Å²) in [4.78, 5) is 13.1. The molecule has 0 unspecified atom stereocenters. The quantitative estimate of drug-likeness (QED) is 0.887. The van der Waals surface area contributed by atoms with Crippen molar-refractivity contribution < 1.29 is 14.3 Å². The van der Waals surface area contributed by atoms with Gasteiger partial charge in [0.15, 0.2) is 11.5 Å². The van der Waals surface area contributed by atoms with E-state index in [-0.39, 0.29) is 5.91 Å². The summed E-state index contributed by atoms with van der Waals surface area (Å²) in [7, 11) is 0. The predicted octanol–water partition coefficient (Wildman–Crippen LogP) is 3.50. The van der Waals surface area contributed by atoms with Gasteiger partial charge in [0.05, 0.1) is 13.2 Å². The molecule has 0 aliphatic rings. The molecule has 0 atom stereocenters. The zero-order valence-electron chi connectivity index (χ0n) is 12.3. The van der Waals surface area contributed by atoms with E-state index in [1.54, 1.807) is 24.3 Å². The van der Waals surface area contributed by atoms with Gasteiger partial charge in [-0.15, -0.1) is 0 Å². The number of aromatic nitrogens is 1. The lowest BCUT2D eigenvalue weighted by Gasteiger charge is -2.12. The summed E-state index contributed by atoms with van der Waals surface area (Å²) in [6, 6.07) is 7.09. The highest BCUT2D eigenvalue weighted by Crippen LogP contribution is 2.30. The fourth-order valence-electron chi connectivity index (χ4n) is 1.80. The average molecular weight is 306 g/mol. The van der Waals surface area contributed by atoms with Crippen molar-refractivity contribution in [1.82, 2.24) is 4.37 Å². The first kappa shape index (κ1) is 15.3. The number of nitrogens with one attached hydrogen (secondary N) is 1. The minimum Gasteiger partial charge on any atom is -0.490 e. The highest BCUT2D eigenvalue weighted by Gasteiger charge is 2.12. The van der Waals surface area contributed by atoms with Crippen molar-refractivity contribution >= 4 is 23.1 Å². The van der Waals surface area contributed by atoms with E-state index in [9.17, 15) is 4.79 Å². The first-order valence-corrected chi connectivity index (χ1v) is 7.55. The van der Waals surface area contributed by atoms with E-state index in [0.717, 1.165) is 4.88 Å². The van der Waals surface area contributed by atoms with Gasteiger partial charge in [0.1, 0.15) is 5.69 Å². The first-order chi connectivity index (χ1) is 10.1. The summed E-state index contributed by atoms with van der Waals surface area (Å²) in [5.41, 5.74) is 1.07. The van der Waals surface area contributed by atoms with E-state index in [1.807, 2.05) is 20.8 Å². The van der Waals surface area contributed by atoms with Gasteiger partial charge in [0.2, 0.25) is 0 Å². The molecule has 0 spiro atoms. The van der Waals surface area contributed by atoms with Crippen molar-refractivity contribution in [3.63, 3.8) is 0 Å². The molecule has 0 fully saturated rings. The summed E-state index contributed by atoms with van der Waals surface area (Å²) >= 11 is 1.31. The summed E-state index contributed by atoms with van der Waals surface area (Å²) in [5, 5.41) is 2.81. The van der Waals surface area contributed by atoms with Crippen LogP contribution in [0.15, 0.2) is 24.3 Å². The Morgan fingerprint density at radius 3 is 2.52 bits per heavy atom. The maximum atomic E-state index is 12.1. The van der Waals surface area contributed by atoms with Gasteiger partial charge >= 0.3 is 0 Å². The standard InChI is InChI=1S/C15H18N2O3S/c1-4-19-13-7-6-11(9-14(13)20-5-2)16-15(18)12-8-10(3)21-17-12/h6-9H,4-5H2,1-3H3,(H,16,18). The fraction of sp³-hybridized carbons (Fsp3) is 0.333. The third-order valence-electron chi connectivity index (χ3n) is 2.66. The number of hydrogen-bond donors (Lipinski definition) is 1. The Morgan fingerprint density at radius 1 is 1.19 bits per heavy atom. The van der Waals surface area contributed by atoms with Gasteiger partial charge in [-0.2, -0.15) is 4.37 Å². The third-order valence-corrected chi connectivity index (χ3v) is 3.36. The first-order valence-electron chi connectivity index (χ1n) is 6.78. The molecule has 0 aliphatic heterocycles. The molecule has 0 radical (unpaired) electrons. The number of rotatable bonds is 6. The average Bonchev–Trinajstić information content (AvgIpc) is 2.89. The highest BCUT2D eigenvalue weighted by molar-refractivity contribution is 7.05. The molecule has 1 amide bonds. The van der Waals surface area contributed by atoms with Gasteiger partial charge in [0.25, 0.3) is 5.91 Å². The summed E-state index contributed by atoms with van der Waals surface area (Å²) in [6.45, 7) is 6.82. The largest absolute Gasteiger partial charge is 0.490 e. The summed E-state index contributed by atoms with van der Waals surface area (Å²) in [5.74, 6) is 1.06. The van der Waals surface area contributed by atoms with Crippen molar-refractivity contribution in [1.29, 1.82) is 0 Å². The monoisotopic (exact) mass is 306 g/mol. The number of aryl methyl sites for hydroxylation is 1. The van der Waals surface area contributed by atoms with Crippen LogP contribution in [0, 0.1) is 6.92 Å². The van der Waals surface area contributed by atoms with Crippen molar-refractivity contribution in [3.8, 4) is 11.5 Å². The lowest BCUT2D eigenvalue weighted by atomic mass is 10.2. The van der Waals surface area contributed by atoms with Crippen LogP contribution in [0.2, 0.25) is 0 Å². The molecule has 1 aromatic carbocycles. The molecule has 0 saturated carbocycles. The lowest BCUT2D eigenvalue weighted by Crippen LogP contribution is -2.12. The Labute approximate surface area is 128 Å². The highest BCUT2D eigenvalue weighted by atomic mass is 32.1. The normalized spacial score (nSPS) is 10.2. The maximum absolute atomic E-state index is 12.1. The molecule has 21 heavy (non-hydrogen) atoms. The Kier molecular flexibility index (Phi) is 5.16. The van der Waals surface area contributed by atoms with Gasteiger partial charge in [0, 0.05) is 16.6 Å². The molecule has 0 aliphatic carbocycles. The zero-order valence-corrected chi connectivity index (χ0v) is 13.1. The molecule has 2 rings (SSSR count). The molecular formula is C15H18N2O3S. The number of hydrogen-bond acceptors (Lipinski definition) is 5. The SMILES string of the molecule is CCOc1ccc(NC(=O)c2cc(C)sn2)cc1OCC. The summed E-state index contributed by atoms with van der Waals surface area (Å²) < 4.78 is 15.1. The van der Waals surface area contributed by atoms with E-state index in [4.69, 9.17) is 9.47 Å². The van der Waals surface area contributed by atoms with Gasteiger partial charge in [-0.1, -0.05) is 0 Å². The molecular weight excluding hydrogens is 288 g/mol. The van der Waals surface area contributed by atoms with Crippen LogP contribution >= 0.6 is 11.5 Å². The second-order valence-corrected chi connectivity index (χ2v) is 5.31. The van der Waals surface area contributed by atoms with Crippen LogP contribution in [0.3, 0.4) is 0 Å². The van der Waals surface area contributed by atoms with Crippen LogP contribution < -0.4 is 14.8 Å². The van der Waals surface area contributed by atoms with Crippen molar-refractivity contribution in [2.45, 2.75) is 20.8 Å². The summed E-state index contributed by atoms with van der Waals surface area (Å²) in [6.07, 6.45) is 0. The molecule has 1 heterocycles. The topological polar surface area (TPSA) is 60.5 Å². The number of ether oxygens (including phenoxy) is 2. The van der Waals surface area contributed by atoms with Gasteiger partial charge < -0.3 is 14.8 Å². The third kappa shape index (κ3) is 3.95. The van der Waals surface area contributed by atoms with Crippen LogP contribution in [0.4, 0.5) is 5.69 Å². The number of nitrogens with zero attached hydrogens (tertiary/aromatic N) is 1. The van der Waals surface area contributed by atoms with E-state index < -0.39 is 0 Å². The van der Waals surface area contributed by atoms with E-state index in [2.05, 4.69) is 9.69 Å². The van der Waals surface area contributed by atoms with Crippen LogP contribution in [0.25, 0.3) is 0 Å². The minimum atomic E-state index is -0.231. The second kappa shape index (κ2) is 7.08. The van der Waals surface area contributed by atoms with Crippen molar-refractivity contribution in [2.24, 2.45) is 0 Å².